The zero-order valence-corrected chi connectivity index (χ0v) is 9.33. The van der Waals surface area contributed by atoms with E-state index in [-0.39, 0.29) is 0 Å². The summed E-state index contributed by atoms with van der Waals surface area (Å²) in [5.74, 6) is 0.646. The Bertz CT molecular complexity index is 283. The van der Waals surface area contributed by atoms with E-state index in [4.69, 9.17) is 0 Å². The molecule has 1 atom stereocenters. The average Bonchev–Trinajstić information content (AvgIpc) is 2.20. The highest BCUT2D eigenvalue weighted by molar-refractivity contribution is 5.17. The summed E-state index contributed by atoms with van der Waals surface area (Å²) in [5, 5.41) is 0. The van der Waals surface area contributed by atoms with Crippen LogP contribution in [0.25, 0.3) is 0 Å². The first-order valence-corrected chi connectivity index (χ1v) is 5.27. The maximum Gasteiger partial charge on any atom is 0.0270 e. The molecule has 1 rings (SSSR count). The zero-order valence-electron chi connectivity index (χ0n) is 9.33. The monoisotopic (exact) mass is 189 g/mol. The smallest absolute Gasteiger partial charge is 0.0270 e. The molecule has 1 nitrogen and oxygen atoms in total. The van der Waals surface area contributed by atoms with Gasteiger partial charge < -0.3 is 0 Å². The number of hydrogen-bond donors (Lipinski definition) is 0. The fourth-order valence-corrected chi connectivity index (χ4v) is 1.55. The molecule has 0 aliphatic carbocycles. The van der Waals surface area contributed by atoms with Crippen LogP contribution in [-0.4, -0.2) is 4.98 Å². The molecule has 0 aromatic carbocycles. The normalized spacial score (nSPS) is 12.2. The number of allylic oxidation sites excluding steroid dienone is 2. The van der Waals surface area contributed by atoms with E-state index < -0.39 is 0 Å². The molecule has 0 N–H and O–H groups in total. The van der Waals surface area contributed by atoms with Crippen LogP contribution in [0.15, 0.2) is 36.2 Å². The summed E-state index contributed by atoms with van der Waals surface area (Å²) < 4.78 is 0. The van der Waals surface area contributed by atoms with Crippen LogP contribution < -0.4 is 0 Å². The van der Waals surface area contributed by atoms with Crippen LogP contribution in [0.3, 0.4) is 0 Å². The van der Waals surface area contributed by atoms with Gasteiger partial charge in [-0.2, -0.15) is 0 Å². The number of hydrogen-bond acceptors (Lipinski definition) is 1. The first kappa shape index (κ1) is 11.0. The predicted molar refractivity (Wildman–Crippen MR) is 61.3 cm³/mol. The molecule has 0 spiro atoms. The maximum atomic E-state index is 4.04. The molecule has 0 aliphatic rings. The van der Waals surface area contributed by atoms with Gasteiger partial charge >= 0.3 is 0 Å². The van der Waals surface area contributed by atoms with Crippen LogP contribution >= 0.6 is 0 Å². The third-order valence-corrected chi connectivity index (χ3v) is 2.48. The van der Waals surface area contributed by atoms with E-state index in [1.165, 1.54) is 17.6 Å². The molecule has 1 heterocycles. The molecule has 0 radical (unpaired) electrons. The van der Waals surface area contributed by atoms with E-state index in [0.29, 0.717) is 5.92 Å². The van der Waals surface area contributed by atoms with Crippen molar-refractivity contribution < 1.29 is 0 Å². The molecule has 0 saturated carbocycles. The van der Waals surface area contributed by atoms with Crippen molar-refractivity contribution in [3.05, 3.63) is 41.7 Å². The van der Waals surface area contributed by atoms with E-state index in [0.717, 1.165) is 6.42 Å². The van der Waals surface area contributed by atoms with Crippen molar-refractivity contribution in [2.45, 2.75) is 39.5 Å². The standard InChI is InChI=1S/C13H19N/c1-4-12(6-5-11(2)3)13-7-9-14-10-8-13/h5,7-10,12H,4,6H2,1-3H3. The van der Waals surface area contributed by atoms with E-state index in [1.807, 2.05) is 12.4 Å². The minimum Gasteiger partial charge on any atom is -0.265 e. The second-order valence-electron chi connectivity index (χ2n) is 3.90. The van der Waals surface area contributed by atoms with Gasteiger partial charge in [-0.15, -0.1) is 0 Å². The summed E-state index contributed by atoms with van der Waals surface area (Å²) in [4.78, 5) is 4.04. The van der Waals surface area contributed by atoms with Crippen LogP contribution in [0.1, 0.15) is 45.1 Å². The Morgan fingerprint density at radius 1 is 1.36 bits per heavy atom. The van der Waals surface area contributed by atoms with Crippen molar-refractivity contribution >= 4 is 0 Å². The Labute approximate surface area is 86.9 Å². The molecule has 1 aromatic heterocycles. The van der Waals surface area contributed by atoms with Crippen molar-refractivity contribution in [3.8, 4) is 0 Å². The topological polar surface area (TPSA) is 12.9 Å². The van der Waals surface area contributed by atoms with Gasteiger partial charge in [0, 0.05) is 12.4 Å². The summed E-state index contributed by atoms with van der Waals surface area (Å²) in [6.07, 6.45) is 8.40. The molecule has 0 bridgehead atoms. The molecule has 0 amide bonds. The lowest BCUT2D eigenvalue weighted by Gasteiger charge is -2.12. The average molecular weight is 189 g/mol. The third-order valence-electron chi connectivity index (χ3n) is 2.48. The maximum absolute atomic E-state index is 4.04. The molecular weight excluding hydrogens is 170 g/mol. The van der Waals surface area contributed by atoms with E-state index in [1.54, 1.807) is 0 Å². The van der Waals surface area contributed by atoms with Gasteiger partial charge in [0.1, 0.15) is 0 Å². The van der Waals surface area contributed by atoms with E-state index >= 15 is 0 Å². The van der Waals surface area contributed by atoms with Crippen molar-refractivity contribution in [2.24, 2.45) is 0 Å². The third kappa shape index (κ3) is 3.33. The van der Waals surface area contributed by atoms with Crippen molar-refractivity contribution in [1.29, 1.82) is 0 Å². The zero-order chi connectivity index (χ0) is 10.4. The Kier molecular flexibility index (Phi) is 4.37. The lowest BCUT2D eigenvalue weighted by atomic mass is 9.93. The highest BCUT2D eigenvalue weighted by Gasteiger charge is 2.06. The number of nitrogens with zero attached hydrogens (tertiary/aromatic N) is 1. The molecule has 1 heteroatoms. The fourth-order valence-electron chi connectivity index (χ4n) is 1.55. The van der Waals surface area contributed by atoms with Gasteiger partial charge in [-0.3, -0.25) is 4.98 Å². The molecule has 0 aliphatic heterocycles. The highest BCUT2D eigenvalue weighted by atomic mass is 14.6. The molecule has 0 saturated heterocycles. The van der Waals surface area contributed by atoms with Gasteiger partial charge in [0.05, 0.1) is 0 Å². The number of pyridine rings is 1. The molecule has 0 fully saturated rings. The molecule has 1 unspecified atom stereocenters. The van der Waals surface area contributed by atoms with Crippen LogP contribution in [0.4, 0.5) is 0 Å². The summed E-state index contributed by atoms with van der Waals surface area (Å²) in [5.41, 5.74) is 2.80. The number of aromatic nitrogens is 1. The largest absolute Gasteiger partial charge is 0.265 e. The minimum atomic E-state index is 0.646. The summed E-state index contributed by atoms with van der Waals surface area (Å²) >= 11 is 0. The number of rotatable bonds is 4. The first-order valence-electron chi connectivity index (χ1n) is 5.27. The fraction of sp³-hybridized carbons (Fsp3) is 0.462. The van der Waals surface area contributed by atoms with Gasteiger partial charge in [0.15, 0.2) is 0 Å². The van der Waals surface area contributed by atoms with Gasteiger partial charge in [-0.1, -0.05) is 18.6 Å². The lowest BCUT2D eigenvalue weighted by Crippen LogP contribution is -1.95. The SMILES string of the molecule is CCC(CC=C(C)C)c1ccncc1. The summed E-state index contributed by atoms with van der Waals surface area (Å²) in [6.45, 7) is 6.54. The van der Waals surface area contributed by atoms with Crippen molar-refractivity contribution in [3.63, 3.8) is 0 Å². The van der Waals surface area contributed by atoms with Crippen LogP contribution in [0.2, 0.25) is 0 Å². The Hall–Kier alpha value is -1.11. The quantitative estimate of drug-likeness (QED) is 0.654. The van der Waals surface area contributed by atoms with Gasteiger partial charge in [-0.05, 0) is 50.3 Å². The van der Waals surface area contributed by atoms with Crippen LogP contribution in [-0.2, 0) is 0 Å². The second kappa shape index (κ2) is 5.58. The van der Waals surface area contributed by atoms with Crippen LogP contribution in [0.5, 0.6) is 0 Å². The first-order chi connectivity index (χ1) is 6.74. The van der Waals surface area contributed by atoms with Crippen molar-refractivity contribution in [1.82, 2.24) is 4.98 Å². The molecular formula is C13H19N. The van der Waals surface area contributed by atoms with Gasteiger partial charge in [0.2, 0.25) is 0 Å². The molecule has 14 heavy (non-hydrogen) atoms. The molecule has 76 valence electrons. The second-order valence-corrected chi connectivity index (χ2v) is 3.90. The van der Waals surface area contributed by atoms with Gasteiger partial charge in [-0.25, -0.2) is 0 Å². The minimum absolute atomic E-state index is 0.646. The van der Waals surface area contributed by atoms with E-state index in [2.05, 4.69) is 44.0 Å². The van der Waals surface area contributed by atoms with Gasteiger partial charge in [0.25, 0.3) is 0 Å². The summed E-state index contributed by atoms with van der Waals surface area (Å²) in [7, 11) is 0. The van der Waals surface area contributed by atoms with E-state index in [9.17, 15) is 0 Å². The lowest BCUT2D eigenvalue weighted by molar-refractivity contribution is 0.671. The predicted octanol–water partition coefficient (Wildman–Crippen LogP) is 3.93. The highest BCUT2D eigenvalue weighted by Crippen LogP contribution is 2.23. The van der Waals surface area contributed by atoms with Crippen molar-refractivity contribution in [2.75, 3.05) is 0 Å². The van der Waals surface area contributed by atoms with Crippen LogP contribution in [0, 0.1) is 0 Å². The Morgan fingerprint density at radius 2 is 2.00 bits per heavy atom. The Balaban J connectivity index is 2.68. The summed E-state index contributed by atoms with van der Waals surface area (Å²) in [6, 6.07) is 4.24. The Morgan fingerprint density at radius 3 is 2.50 bits per heavy atom. The molecule has 1 aromatic rings.